The highest BCUT2D eigenvalue weighted by Gasteiger charge is 2.12. The predicted molar refractivity (Wildman–Crippen MR) is 88.2 cm³/mol. The van der Waals surface area contributed by atoms with Crippen LogP contribution in [0.4, 0.5) is 0 Å². The van der Waals surface area contributed by atoms with Gasteiger partial charge in [-0.2, -0.15) is 0 Å². The van der Waals surface area contributed by atoms with E-state index in [0.29, 0.717) is 0 Å². The van der Waals surface area contributed by atoms with Gasteiger partial charge < -0.3 is 5.32 Å². The van der Waals surface area contributed by atoms with Gasteiger partial charge in [0.25, 0.3) is 0 Å². The first-order valence-electron chi connectivity index (χ1n) is 6.69. The van der Waals surface area contributed by atoms with Crippen LogP contribution in [0.5, 0.6) is 0 Å². The molecule has 0 spiro atoms. The number of pyridine rings is 1. The van der Waals surface area contributed by atoms with E-state index in [1.54, 1.807) is 6.20 Å². The fourth-order valence-electron chi connectivity index (χ4n) is 2.18. The Bertz CT molecular complexity index is 586. The van der Waals surface area contributed by atoms with Crippen LogP contribution in [0, 0.1) is 6.92 Å². The molecule has 0 bridgehead atoms. The Morgan fingerprint density at radius 2 is 2.10 bits per heavy atom. The quantitative estimate of drug-likeness (QED) is 0.843. The monoisotopic (exact) mass is 352 g/mol. The van der Waals surface area contributed by atoms with Crippen LogP contribution in [-0.2, 0) is 6.42 Å². The maximum atomic E-state index is 6.24. The fraction of sp³-hybridized carbons (Fsp3) is 0.312. The third-order valence-electron chi connectivity index (χ3n) is 3.25. The molecule has 0 saturated carbocycles. The number of aromatic nitrogens is 1. The molecule has 2 nitrogen and oxygen atoms in total. The number of rotatable bonds is 5. The van der Waals surface area contributed by atoms with Crippen LogP contribution in [0.15, 0.2) is 41.1 Å². The van der Waals surface area contributed by atoms with Crippen LogP contribution in [0.1, 0.15) is 29.7 Å². The van der Waals surface area contributed by atoms with Crippen molar-refractivity contribution in [3.63, 3.8) is 0 Å². The molecule has 20 heavy (non-hydrogen) atoms. The summed E-state index contributed by atoms with van der Waals surface area (Å²) in [6, 6.07) is 8.61. The number of likely N-dealkylation sites (N-methyl/N-ethyl adjacent to an activating group) is 1. The third-order valence-corrected chi connectivity index (χ3v) is 4.09. The van der Waals surface area contributed by atoms with Crippen molar-refractivity contribution in [1.82, 2.24) is 10.3 Å². The van der Waals surface area contributed by atoms with Gasteiger partial charge in [-0.05, 0) is 64.6 Å². The van der Waals surface area contributed by atoms with E-state index in [1.807, 2.05) is 13.1 Å². The second-order valence-corrected chi connectivity index (χ2v) is 6.16. The minimum absolute atomic E-state index is 0.245. The van der Waals surface area contributed by atoms with Crippen LogP contribution in [0.25, 0.3) is 0 Å². The largest absolute Gasteiger partial charge is 0.310 e. The molecule has 1 aromatic heterocycles. The molecule has 1 aromatic carbocycles. The van der Waals surface area contributed by atoms with Crippen LogP contribution in [-0.4, -0.2) is 11.5 Å². The van der Waals surface area contributed by atoms with E-state index in [1.165, 1.54) is 11.1 Å². The van der Waals surface area contributed by atoms with Crippen molar-refractivity contribution in [3.05, 3.63) is 62.8 Å². The van der Waals surface area contributed by atoms with Crippen LogP contribution in [0.3, 0.4) is 0 Å². The van der Waals surface area contributed by atoms with Gasteiger partial charge in [0, 0.05) is 27.9 Å². The minimum Gasteiger partial charge on any atom is -0.310 e. The summed E-state index contributed by atoms with van der Waals surface area (Å²) in [4.78, 5) is 4.22. The summed E-state index contributed by atoms with van der Waals surface area (Å²) in [5.41, 5.74) is 3.51. The van der Waals surface area contributed by atoms with E-state index in [9.17, 15) is 0 Å². The third kappa shape index (κ3) is 4.05. The Morgan fingerprint density at radius 1 is 1.30 bits per heavy atom. The smallest absolute Gasteiger partial charge is 0.0438 e. The van der Waals surface area contributed by atoms with Gasteiger partial charge in [-0.3, -0.25) is 4.98 Å². The van der Waals surface area contributed by atoms with Crippen molar-refractivity contribution >= 4 is 27.5 Å². The van der Waals surface area contributed by atoms with E-state index >= 15 is 0 Å². The van der Waals surface area contributed by atoms with Gasteiger partial charge in [-0.15, -0.1) is 0 Å². The molecule has 0 aliphatic heterocycles. The maximum Gasteiger partial charge on any atom is 0.0438 e. The van der Waals surface area contributed by atoms with Crippen molar-refractivity contribution in [1.29, 1.82) is 0 Å². The second kappa shape index (κ2) is 7.21. The van der Waals surface area contributed by atoms with Gasteiger partial charge in [-0.1, -0.05) is 30.7 Å². The predicted octanol–water partition coefficient (Wildman–Crippen LogP) is 4.70. The molecule has 0 radical (unpaired) electrons. The number of benzene rings is 1. The zero-order chi connectivity index (χ0) is 14.5. The average Bonchev–Trinajstić information content (AvgIpc) is 2.41. The Balaban J connectivity index is 2.24. The molecule has 2 aromatic rings. The molecule has 106 valence electrons. The van der Waals surface area contributed by atoms with Crippen molar-refractivity contribution in [2.75, 3.05) is 6.54 Å². The average molecular weight is 354 g/mol. The summed E-state index contributed by atoms with van der Waals surface area (Å²) >= 11 is 9.70. The highest BCUT2D eigenvalue weighted by Crippen LogP contribution is 2.24. The Morgan fingerprint density at radius 3 is 2.75 bits per heavy atom. The molecular formula is C16H18BrClN2. The summed E-state index contributed by atoms with van der Waals surface area (Å²) in [6.45, 7) is 5.05. The van der Waals surface area contributed by atoms with E-state index in [4.69, 9.17) is 11.6 Å². The van der Waals surface area contributed by atoms with Crippen LogP contribution in [0.2, 0.25) is 5.02 Å². The van der Waals surface area contributed by atoms with E-state index in [2.05, 4.69) is 57.4 Å². The Labute approximate surface area is 133 Å². The lowest BCUT2D eigenvalue weighted by molar-refractivity contribution is 0.549. The number of aryl methyl sites for hydroxylation is 1. The maximum absolute atomic E-state index is 6.24. The molecule has 0 aliphatic rings. The highest BCUT2D eigenvalue weighted by molar-refractivity contribution is 9.10. The molecule has 0 fully saturated rings. The summed E-state index contributed by atoms with van der Waals surface area (Å²) in [6.07, 6.45) is 4.60. The zero-order valence-corrected chi connectivity index (χ0v) is 14.0. The topological polar surface area (TPSA) is 24.9 Å². The number of hydrogen-bond acceptors (Lipinski definition) is 2. The van der Waals surface area contributed by atoms with Gasteiger partial charge >= 0.3 is 0 Å². The molecule has 1 atom stereocenters. The molecule has 0 amide bonds. The highest BCUT2D eigenvalue weighted by atomic mass is 79.9. The first kappa shape index (κ1) is 15.5. The second-order valence-electron chi connectivity index (χ2n) is 4.83. The van der Waals surface area contributed by atoms with Crippen LogP contribution >= 0.6 is 27.5 Å². The van der Waals surface area contributed by atoms with Gasteiger partial charge in [0.1, 0.15) is 0 Å². The van der Waals surface area contributed by atoms with Crippen molar-refractivity contribution in [3.8, 4) is 0 Å². The SMILES string of the molecule is CCNC(Cc1cncc(Br)c1)c1ccc(C)c(Cl)c1. The van der Waals surface area contributed by atoms with Gasteiger partial charge in [0.15, 0.2) is 0 Å². The summed E-state index contributed by atoms with van der Waals surface area (Å²) in [7, 11) is 0. The van der Waals surface area contributed by atoms with Crippen molar-refractivity contribution in [2.24, 2.45) is 0 Å². The minimum atomic E-state index is 0.245. The van der Waals surface area contributed by atoms with E-state index < -0.39 is 0 Å². The Kier molecular flexibility index (Phi) is 5.58. The van der Waals surface area contributed by atoms with Crippen molar-refractivity contribution < 1.29 is 0 Å². The molecule has 0 saturated heterocycles. The molecule has 1 heterocycles. The van der Waals surface area contributed by atoms with Gasteiger partial charge in [-0.25, -0.2) is 0 Å². The lowest BCUT2D eigenvalue weighted by Gasteiger charge is -2.19. The molecule has 1 unspecified atom stereocenters. The van der Waals surface area contributed by atoms with Crippen molar-refractivity contribution in [2.45, 2.75) is 26.3 Å². The lowest BCUT2D eigenvalue weighted by Crippen LogP contribution is -2.23. The number of halogens is 2. The molecular weight excluding hydrogens is 336 g/mol. The fourth-order valence-corrected chi connectivity index (χ4v) is 2.78. The zero-order valence-electron chi connectivity index (χ0n) is 11.7. The summed E-state index contributed by atoms with van der Waals surface area (Å²) in [5.74, 6) is 0. The summed E-state index contributed by atoms with van der Waals surface area (Å²) in [5, 5.41) is 4.33. The summed E-state index contributed by atoms with van der Waals surface area (Å²) < 4.78 is 1.01. The van der Waals surface area contributed by atoms with Gasteiger partial charge in [0.05, 0.1) is 0 Å². The lowest BCUT2D eigenvalue weighted by atomic mass is 9.99. The van der Waals surface area contributed by atoms with E-state index in [0.717, 1.165) is 28.0 Å². The number of nitrogens with one attached hydrogen (secondary N) is 1. The standard InChI is InChI=1S/C16H18BrClN2/c1-3-20-16(7-12-6-14(17)10-19-9-12)13-5-4-11(2)15(18)8-13/h4-6,8-10,16,20H,3,7H2,1-2H3. The first-order chi connectivity index (χ1) is 9.60. The normalized spacial score (nSPS) is 12.4. The molecule has 2 rings (SSSR count). The first-order valence-corrected chi connectivity index (χ1v) is 7.86. The molecule has 4 heteroatoms. The Hall–Kier alpha value is -0.900. The van der Waals surface area contributed by atoms with Crippen LogP contribution < -0.4 is 5.32 Å². The molecule has 1 N–H and O–H groups in total. The number of nitrogens with zero attached hydrogens (tertiary/aromatic N) is 1. The number of hydrogen-bond donors (Lipinski definition) is 1. The van der Waals surface area contributed by atoms with Gasteiger partial charge in [0.2, 0.25) is 0 Å². The molecule has 0 aliphatic carbocycles. The van der Waals surface area contributed by atoms with E-state index in [-0.39, 0.29) is 6.04 Å².